The molecule has 0 bridgehead atoms. The molecule has 1 heterocycles. The molecule has 0 spiro atoms. The molecule has 6 nitrogen and oxygen atoms in total. The van der Waals surface area contributed by atoms with Gasteiger partial charge in [-0.25, -0.2) is 0 Å². The second kappa shape index (κ2) is 5.60. The van der Waals surface area contributed by atoms with Crippen molar-refractivity contribution in [3.8, 4) is 0 Å². The smallest absolute Gasteiger partial charge is 0.319 e. The van der Waals surface area contributed by atoms with Crippen LogP contribution in [-0.2, 0) is 19.1 Å². The van der Waals surface area contributed by atoms with E-state index in [-0.39, 0.29) is 24.8 Å². The van der Waals surface area contributed by atoms with Crippen LogP contribution in [0.2, 0.25) is 0 Å². The highest BCUT2D eigenvalue weighted by molar-refractivity contribution is 6.05. The zero-order chi connectivity index (χ0) is 12.1. The quantitative estimate of drug-likeness (QED) is 0.497. The lowest BCUT2D eigenvalue weighted by Crippen LogP contribution is -2.44. The van der Waals surface area contributed by atoms with Crippen LogP contribution in [0.25, 0.3) is 0 Å². The summed E-state index contributed by atoms with van der Waals surface area (Å²) in [5.41, 5.74) is 0. The molecule has 0 saturated carbocycles. The molecule has 1 rings (SSSR count). The fraction of sp³-hybridized carbons (Fsp3) is 0.700. The predicted molar refractivity (Wildman–Crippen MR) is 55.4 cm³/mol. The normalized spacial score (nSPS) is 20.1. The number of rotatable bonds is 5. The summed E-state index contributed by atoms with van der Waals surface area (Å²) in [6.07, 6.45) is 0.921. The van der Waals surface area contributed by atoms with Crippen LogP contribution in [0.15, 0.2) is 0 Å². The molecule has 1 N–H and O–H groups in total. The number of ether oxygens (including phenoxy) is 1. The van der Waals surface area contributed by atoms with Crippen LogP contribution in [0.4, 0.5) is 0 Å². The number of nitrogens with zero attached hydrogens (tertiary/aromatic N) is 1. The molecule has 2 amide bonds. The maximum absolute atomic E-state index is 11.4. The highest BCUT2D eigenvalue weighted by Crippen LogP contribution is 2.11. The van der Waals surface area contributed by atoms with E-state index in [4.69, 9.17) is 0 Å². The summed E-state index contributed by atoms with van der Waals surface area (Å²) in [6.45, 7) is 2.56. The van der Waals surface area contributed by atoms with Crippen molar-refractivity contribution in [2.45, 2.75) is 25.8 Å². The molecule has 16 heavy (non-hydrogen) atoms. The van der Waals surface area contributed by atoms with Gasteiger partial charge in [0.2, 0.25) is 11.8 Å². The van der Waals surface area contributed by atoms with Crippen molar-refractivity contribution in [1.29, 1.82) is 0 Å². The van der Waals surface area contributed by atoms with Gasteiger partial charge >= 0.3 is 5.97 Å². The SMILES string of the molecule is CCCN(CC(=O)OC)C1CC(=O)NC1=O. The van der Waals surface area contributed by atoms with E-state index in [0.717, 1.165) is 6.42 Å². The van der Waals surface area contributed by atoms with E-state index in [1.54, 1.807) is 4.90 Å². The largest absolute Gasteiger partial charge is 0.468 e. The number of imide groups is 1. The third-order valence-electron chi connectivity index (χ3n) is 2.46. The number of hydrogen-bond acceptors (Lipinski definition) is 5. The van der Waals surface area contributed by atoms with Crippen molar-refractivity contribution in [3.05, 3.63) is 0 Å². The van der Waals surface area contributed by atoms with E-state index in [1.807, 2.05) is 6.92 Å². The van der Waals surface area contributed by atoms with Crippen molar-refractivity contribution >= 4 is 17.8 Å². The first-order valence-corrected chi connectivity index (χ1v) is 5.23. The van der Waals surface area contributed by atoms with Gasteiger partial charge in [0.25, 0.3) is 0 Å². The van der Waals surface area contributed by atoms with Crippen LogP contribution < -0.4 is 5.32 Å². The number of carbonyl (C=O) groups is 3. The highest BCUT2D eigenvalue weighted by Gasteiger charge is 2.35. The van der Waals surface area contributed by atoms with Gasteiger partial charge in [0.05, 0.1) is 26.1 Å². The van der Waals surface area contributed by atoms with Crippen LogP contribution in [0.3, 0.4) is 0 Å². The Morgan fingerprint density at radius 3 is 2.69 bits per heavy atom. The second-order valence-corrected chi connectivity index (χ2v) is 3.68. The number of amides is 2. The molecule has 0 aliphatic carbocycles. The van der Waals surface area contributed by atoms with Crippen molar-refractivity contribution in [1.82, 2.24) is 10.2 Å². The maximum atomic E-state index is 11.4. The van der Waals surface area contributed by atoms with Crippen molar-refractivity contribution in [2.75, 3.05) is 20.2 Å². The van der Waals surface area contributed by atoms with Gasteiger partial charge in [-0.15, -0.1) is 0 Å². The van der Waals surface area contributed by atoms with Crippen LogP contribution in [0.1, 0.15) is 19.8 Å². The van der Waals surface area contributed by atoms with Crippen LogP contribution in [-0.4, -0.2) is 48.9 Å². The molecular weight excluding hydrogens is 212 g/mol. The van der Waals surface area contributed by atoms with E-state index in [2.05, 4.69) is 10.1 Å². The second-order valence-electron chi connectivity index (χ2n) is 3.68. The van der Waals surface area contributed by atoms with Gasteiger partial charge in [0.1, 0.15) is 0 Å². The Kier molecular flexibility index (Phi) is 4.42. The third-order valence-corrected chi connectivity index (χ3v) is 2.46. The van der Waals surface area contributed by atoms with Gasteiger partial charge in [-0.05, 0) is 13.0 Å². The Balaban J connectivity index is 2.65. The molecule has 0 radical (unpaired) electrons. The average Bonchev–Trinajstić information content (AvgIpc) is 2.57. The molecule has 0 aromatic rings. The Labute approximate surface area is 93.9 Å². The van der Waals surface area contributed by atoms with E-state index in [0.29, 0.717) is 6.54 Å². The monoisotopic (exact) mass is 228 g/mol. The summed E-state index contributed by atoms with van der Waals surface area (Å²) in [5, 5.41) is 2.23. The van der Waals surface area contributed by atoms with Gasteiger partial charge < -0.3 is 4.74 Å². The number of hydrogen-bond donors (Lipinski definition) is 1. The number of nitrogens with one attached hydrogen (secondary N) is 1. The number of carbonyl (C=O) groups excluding carboxylic acids is 3. The molecule has 90 valence electrons. The standard InChI is InChI=1S/C10H16N2O4/c1-3-4-12(6-9(14)16-2)7-5-8(13)11-10(7)15/h7H,3-6H2,1-2H3,(H,11,13,15). The predicted octanol–water partition coefficient (Wildman–Crippen LogP) is -0.713. The highest BCUT2D eigenvalue weighted by atomic mass is 16.5. The summed E-state index contributed by atoms with van der Waals surface area (Å²) in [6, 6.07) is -0.536. The van der Waals surface area contributed by atoms with Crippen LogP contribution in [0, 0.1) is 0 Å². The lowest BCUT2D eigenvalue weighted by atomic mass is 10.2. The fourth-order valence-electron chi connectivity index (χ4n) is 1.70. The third kappa shape index (κ3) is 3.03. The van der Waals surface area contributed by atoms with Crippen LogP contribution in [0.5, 0.6) is 0 Å². The Morgan fingerprint density at radius 1 is 1.56 bits per heavy atom. The summed E-state index contributed by atoms with van der Waals surface area (Å²) in [4.78, 5) is 35.3. The Morgan fingerprint density at radius 2 is 2.25 bits per heavy atom. The molecule has 6 heteroatoms. The van der Waals surface area contributed by atoms with Crippen molar-refractivity contribution in [3.63, 3.8) is 0 Å². The minimum Gasteiger partial charge on any atom is -0.468 e. The summed E-state index contributed by atoms with van der Waals surface area (Å²) >= 11 is 0. The first-order valence-electron chi connectivity index (χ1n) is 5.23. The van der Waals surface area contributed by atoms with E-state index >= 15 is 0 Å². The minimum absolute atomic E-state index is 0.0374. The zero-order valence-electron chi connectivity index (χ0n) is 9.49. The van der Waals surface area contributed by atoms with Gasteiger partial charge in [-0.1, -0.05) is 6.92 Å². The van der Waals surface area contributed by atoms with Crippen molar-refractivity contribution in [2.24, 2.45) is 0 Å². The maximum Gasteiger partial charge on any atom is 0.319 e. The van der Waals surface area contributed by atoms with Gasteiger partial charge in [-0.3, -0.25) is 24.6 Å². The van der Waals surface area contributed by atoms with E-state index < -0.39 is 12.0 Å². The number of methoxy groups -OCH3 is 1. The molecule has 1 aliphatic rings. The van der Waals surface area contributed by atoms with E-state index in [1.165, 1.54) is 7.11 Å². The topological polar surface area (TPSA) is 75.7 Å². The fourth-order valence-corrected chi connectivity index (χ4v) is 1.70. The Bertz CT molecular complexity index is 303. The summed E-state index contributed by atoms with van der Waals surface area (Å²) in [7, 11) is 1.30. The lowest BCUT2D eigenvalue weighted by molar-refractivity contribution is -0.143. The molecule has 1 saturated heterocycles. The lowest BCUT2D eigenvalue weighted by Gasteiger charge is -2.24. The van der Waals surface area contributed by atoms with Gasteiger partial charge in [0.15, 0.2) is 0 Å². The first kappa shape index (κ1) is 12.6. The summed E-state index contributed by atoms with van der Waals surface area (Å²) < 4.78 is 4.55. The van der Waals surface area contributed by atoms with E-state index in [9.17, 15) is 14.4 Å². The molecular formula is C10H16N2O4. The average molecular weight is 228 g/mol. The zero-order valence-corrected chi connectivity index (χ0v) is 9.49. The molecule has 1 fully saturated rings. The molecule has 1 aliphatic heterocycles. The molecule has 1 unspecified atom stereocenters. The molecule has 1 atom stereocenters. The van der Waals surface area contributed by atoms with Gasteiger partial charge in [-0.2, -0.15) is 0 Å². The van der Waals surface area contributed by atoms with Crippen LogP contribution >= 0.6 is 0 Å². The molecule has 0 aromatic heterocycles. The number of esters is 1. The van der Waals surface area contributed by atoms with Gasteiger partial charge in [0, 0.05) is 0 Å². The molecule has 0 aromatic carbocycles. The van der Waals surface area contributed by atoms with Crippen molar-refractivity contribution < 1.29 is 19.1 Å². The minimum atomic E-state index is -0.536. The summed E-state index contributed by atoms with van der Waals surface area (Å²) in [5.74, 6) is -1.02. The Hall–Kier alpha value is -1.43. The first-order chi connectivity index (χ1) is 7.58.